The van der Waals surface area contributed by atoms with Crippen LogP contribution >= 0.6 is 0 Å². The summed E-state index contributed by atoms with van der Waals surface area (Å²) in [7, 11) is 1.60. The Balaban J connectivity index is 1.48. The number of aromatic nitrogens is 5. The number of nitrogens with zero attached hydrogens (tertiary/aromatic N) is 5. The van der Waals surface area contributed by atoms with E-state index >= 15 is 0 Å². The van der Waals surface area contributed by atoms with E-state index in [1.807, 2.05) is 38.1 Å². The van der Waals surface area contributed by atoms with Gasteiger partial charge in [-0.05, 0) is 18.2 Å². The Bertz CT molecular complexity index is 1200. The fourth-order valence-corrected chi connectivity index (χ4v) is 2.96. The highest BCUT2D eigenvalue weighted by Gasteiger charge is 2.14. The standard InChI is InChI=1S/C22H22N6O3/c1-14(2)20-26-22(31-27-20)15-8-9-23-19(10-15)28-12-17(25-13-28)21(29)24-11-16-6-4-5-7-18(16)30-3/h4-10,12-14H,11H2,1-3H3,(H,24,29). The highest BCUT2D eigenvalue weighted by molar-refractivity contribution is 5.92. The smallest absolute Gasteiger partial charge is 0.271 e. The second-order valence-electron chi connectivity index (χ2n) is 7.18. The van der Waals surface area contributed by atoms with Gasteiger partial charge in [-0.3, -0.25) is 9.36 Å². The summed E-state index contributed by atoms with van der Waals surface area (Å²) in [6.07, 6.45) is 4.81. The van der Waals surface area contributed by atoms with E-state index in [1.165, 1.54) is 6.33 Å². The molecule has 0 bridgehead atoms. The third-order valence-corrected chi connectivity index (χ3v) is 4.66. The largest absolute Gasteiger partial charge is 0.496 e. The molecule has 0 saturated carbocycles. The third kappa shape index (κ3) is 4.45. The lowest BCUT2D eigenvalue weighted by Gasteiger charge is -2.08. The van der Waals surface area contributed by atoms with Gasteiger partial charge in [-0.1, -0.05) is 37.2 Å². The Labute approximate surface area is 179 Å². The van der Waals surface area contributed by atoms with Gasteiger partial charge in [-0.25, -0.2) is 9.97 Å². The minimum absolute atomic E-state index is 0.171. The van der Waals surface area contributed by atoms with Gasteiger partial charge in [0.2, 0.25) is 0 Å². The monoisotopic (exact) mass is 418 g/mol. The highest BCUT2D eigenvalue weighted by atomic mass is 16.5. The number of rotatable bonds is 7. The van der Waals surface area contributed by atoms with Gasteiger partial charge in [-0.15, -0.1) is 0 Å². The van der Waals surface area contributed by atoms with Crippen molar-refractivity contribution in [2.24, 2.45) is 0 Å². The fourth-order valence-electron chi connectivity index (χ4n) is 2.96. The van der Waals surface area contributed by atoms with Gasteiger partial charge in [0, 0.05) is 36.0 Å². The fraction of sp³-hybridized carbons (Fsp3) is 0.227. The molecule has 0 unspecified atom stereocenters. The van der Waals surface area contributed by atoms with Crippen molar-refractivity contribution in [1.82, 2.24) is 30.0 Å². The van der Waals surface area contributed by atoms with Gasteiger partial charge in [0.1, 0.15) is 23.6 Å². The quantitative estimate of drug-likeness (QED) is 0.490. The first kappa shape index (κ1) is 20.3. The predicted molar refractivity (Wildman–Crippen MR) is 113 cm³/mol. The number of methoxy groups -OCH3 is 1. The Morgan fingerprint density at radius 2 is 2.06 bits per heavy atom. The van der Waals surface area contributed by atoms with Crippen molar-refractivity contribution in [3.05, 3.63) is 72.2 Å². The van der Waals surface area contributed by atoms with E-state index in [0.717, 1.165) is 16.9 Å². The number of carbonyl (C=O) groups is 1. The topological polar surface area (TPSA) is 108 Å². The van der Waals surface area contributed by atoms with Crippen LogP contribution in [-0.2, 0) is 6.54 Å². The number of carbonyl (C=O) groups excluding carboxylic acids is 1. The molecule has 0 radical (unpaired) electrons. The van der Waals surface area contributed by atoms with Crippen LogP contribution in [0, 0.1) is 0 Å². The molecule has 1 N–H and O–H groups in total. The molecule has 3 heterocycles. The summed E-state index contributed by atoms with van der Waals surface area (Å²) in [5, 5.41) is 6.85. The van der Waals surface area contributed by atoms with Crippen molar-refractivity contribution in [3.63, 3.8) is 0 Å². The van der Waals surface area contributed by atoms with E-state index in [2.05, 4.69) is 25.4 Å². The molecule has 3 aromatic heterocycles. The summed E-state index contributed by atoms with van der Waals surface area (Å²) in [6, 6.07) is 11.1. The molecule has 0 spiro atoms. The first-order valence-electron chi connectivity index (χ1n) is 9.79. The number of pyridine rings is 1. The van der Waals surface area contributed by atoms with Crippen molar-refractivity contribution >= 4 is 5.91 Å². The molecular weight excluding hydrogens is 396 g/mol. The maximum Gasteiger partial charge on any atom is 0.271 e. The van der Waals surface area contributed by atoms with Gasteiger partial charge in [0.25, 0.3) is 11.8 Å². The Morgan fingerprint density at radius 3 is 2.84 bits per heavy atom. The average molecular weight is 418 g/mol. The molecule has 1 amide bonds. The van der Waals surface area contributed by atoms with E-state index in [4.69, 9.17) is 9.26 Å². The lowest BCUT2D eigenvalue weighted by molar-refractivity contribution is 0.0946. The zero-order chi connectivity index (χ0) is 21.8. The molecule has 158 valence electrons. The number of amides is 1. The van der Waals surface area contributed by atoms with Crippen LogP contribution in [0.3, 0.4) is 0 Å². The van der Waals surface area contributed by atoms with Crippen LogP contribution in [0.2, 0.25) is 0 Å². The first-order chi connectivity index (χ1) is 15.0. The zero-order valence-electron chi connectivity index (χ0n) is 17.4. The molecule has 4 rings (SSSR count). The van der Waals surface area contributed by atoms with Gasteiger partial charge in [-0.2, -0.15) is 4.98 Å². The van der Waals surface area contributed by atoms with Crippen LogP contribution in [0.25, 0.3) is 17.3 Å². The van der Waals surface area contributed by atoms with E-state index in [0.29, 0.717) is 24.1 Å². The lowest BCUT2D eigenvalue weighted by atomic mass is 10.2. The maximum absolute atomic E-state index is 12.5. The van der Waals surface area contributed by atoms with Crippen LogP contribution in [0.4, 0.5) is 0 Å². The van der Waals surface area contributed by atoms with Gasteiger partial charge >= 0.3 is 0 Å². The van der Waals surface area contributed by atoms with Crippen molar-refractivity contribution in [3.8, 4) is 23.0 Å². The molecule has 0 atom stereocenters. The summed E-state index contributed by atoms with van der Waals surface area (Å²) >= 11 is 0. The maximum atomic E-state index is 12.5. The number of hydrogen-bond acceptors (Lipinski definition) is 7. The van der Waals surface area contributed by atoms with Gasteiger partial charge in [0.05, 0.1) is 7.11 Å². The predicted octanol–water partition coefficient (Wildman–Crippen LogP) is 3.38. The summed E-state index contributed by atoms with van der Waals surface area (Å²) in [5.74, 6) is 2.24. The number of nitrogens with one attached hydrogen (secondary N) is 1. The molecule has 4 aromatic rings. The van der Waals surface area contributed by atoms with E-state index in [-0.39, 0.29) is 17.5 Å². The molecule has 31 heavy (non-hydrogen) atoms. The van der Waals surface area contributed by atoms with Crippen LogP contribution in [0.15, 0.2) is 59.6 Å². The average Bonchev–Trinajstić information content (AvgIpc) is 3.48. The second-order valence-corrected chi connectivity index (χ2v) is 7.18. The van der Waals surface area contributed by atoms with Crippen LogP contribution < -0.4 is 10.1 Å². The first-order valence-corrected chi connectivity index (χ1v) is 9.79. The molecule has 0 aliphatic heterocycles. The molecule has 0 fully saturated rings. The van der Waals surface area contributed by atoms with Gasteiger partial charge in [0.15, 0.2) is 5.82 Å². The molecular formula is C22H22N6O3. The van der Waals surface area contributed by atoms with Crippen molar-refractivity contribution in [2.75, 3.05) is 7.11 Å². The van der Waals surface area contributed by atoms with E-state index in [9.17, 15) is 4.79 Å². The molecule has 1 aromatic carbocycles. The van der Waals surface area contributed by atoms with Crippen LogP contribution in [0.5, 0.6) is 5.75 Å². The van der Waals surface area contributed by atoms with Gasteiger partial charge < -0.3 is 14.6 Å². The van der Waals surface area contributed by atoms with Crippen molar-refractivity contribution < 1.29 is 14.1 Å². The van der Waals surface area contributed by atoms with Crippen LogP contribution in [-0.4, -0.2) is 37.7 Å². The SMILES string of the molecule is COc1ccccc1CNC(=O)c1cn(-c2cc(-c3nc(C(C)C)no3)ccn2)cn1. The molecule has 0 aliphatic carbocycles. The molecule has 0 aliphatic rings. The van der Waals surface area contributed by atoms with E-state index in [1.54, 1.807) is 36.2 Å². The highest BCUT2D eigenvalue weighted by Crippen LogP contribution is 2.21. The molecule has 9 heteroatoms. The molecule has 0 saturated heterocycles. The van der Waals surface area contributed by atoms with Crippen molar-refractivity contribution in [2.45, 2.75) is 26.3 Å². The Morgan fingerprint density at radius 1 is 1.23 bits per heavy atom. The zero-order valence-corrected chi connectivity index (χ0v) is 17.4. The van der Waals surface area contributed by atoms with Crippen molar-refractivity contribution in [1.29, 1.82) is 0 Å². The number of hydrogen-bond donors (Lipinski definition) is 1. The Kier molecular flexibility index (Phi) is 5.74. The summed E-state index contributed by atoms with van der Waals surface area (Å²) in [4.78, 5) is 25.5. The van der Waals surface area contributed by atoms with E-state index < -0.39 is 0 Å². The minimum Gasteiger partial charge on any atom is -0.496 e. The lowest BCUT2D eigenvalue weighted by Crippen LogP contribution is -2.23. The summed E-state index contributed by atoms with van der Waals surface area (Å²) in [6.45, 7) is 4.33. The third-order valence-electron chi connectivity index (χ3n) is 4.66. The Hall–Kier alpha value is -4.01. The number of ether oxygens (including phenoxy) is 1. The summed E-state index contributed by atoms with van der Waals surface area (Å²) in [5.41, 5.74) is 1.90. The number of para-hydroxylation sites is 1. The summed E-state index contributed by atoms with van der Waals surface area (Å²) < 4.78 is 12.3. The normalized spacial score (nSPS) is 11.0. The minimum atomic E-state index is -0.292. The van der Waals surface area contributed by atoms with Crippen LogP contribution in [0.1, 0.15) is 41.6 Å². The second kappa shape index (κ2) is 8.78. The number of benzene rings is 1. The molecule has 9 nitrogen and oxygen atoms in total. The number of imidazole rings is 1.